The SMILES string of the molecule is CN(CC(=O)NC(=O)NC1CCCC1)c1c(N)n(Cc2ccccc2)c(=O)[nH]c1=O. The number of anilines is 2. The van der Waals surface area contributed by atoms with E-state index in [9.17, 15) is 19.2 Å². The Hall–Kier alpha value is -3.56. The van der Waals surface area contributed by atoms with Gasteiger partial charge < -0.3 is 16.0 Å². The van der Waals surface area contributed by atoms with Crippen molar-refractivity contribution < 1.29 is 9.59 Å². The fourth-order valence-electron chi connectivity index (χ4n) is 3.62. The van der Waals surface area contributed by atoms with Crippen molar-refractivity contribution in [2.75, 3.05) is 24.2 Å². The minimum absolute atomic E-state index is 0.0168. The first-order valence-electron chi connectivity index (χ1n) is 9.83. The molecule has 30 heavy (non-hydrogen) atoms. The molecule has 1 fully saturated rings. The molecule has 2 aromatic rings. The normalized spacial score (nSPS) is 13.8. The number of amides is 3. The van der Waals surface area contributed by atoms with Crippen LogP contribution in [0, 0.1) is 0 Å². The number of rotatable bonds is 6. The average molecular weight is 414 g/mol. The van der Waals surface area contributed by atoms with Crippen LogP contribution < -0.4 is 32.5 Å². The van der Waals surface area contributed by atoms with Crippen LogP contribution in [0.4, 0.5) is 16.3 Å². The molecule has 1 heterocycles. The van der Waals surface area contributed by atoms with Crippen molar-refractivity contribution in [1.29, 1.82) is 0 Å². The van der Waals surface area contributed by atoms with Gasteiger partial charge in [0.15, 0.2) is 0 Å². The largest absolute Gasteiger partial charge is 0.383 e. The second kappa shape index (κ2) is 9.29. The fourth-order valence-corrected chi connectivity index (χ4v) is 3.62. The molecule has 1 aliphatic carbocycles. The number of aromatic amines is 1. The molecule has 0 radical (unpaired) electrons. The molecule has 5 N–H and O–H groups in total. The molecule has 0 bridgehead atoms. The van der Waals surface area contributed by atoms with Crippen molar-refractivity contribution in [2.45, 2.75) is 38.3 Å². The zero-order valence-electron chi connectivity index (χ0n) is 16.8. The Labute approximate surface area is 173 Å². The van der Waals surface area contributed by atoms with Gasteiger partial charge in [0, 0.05) is 13.1 Å². The Kier molecular flexibility index (Phi) is 6.55. The molecule has 1 aromatic carbocycles. The maximum atomic E-state index is 12.3. The number of aromatic nitrogens is 2. The predicted molar refractivity (Wildman–Crippen MR) is 113 cm³/mol. The summed E-state index contributed by atoms with van der Waals surface area (Å²) in [5, 5.41) is 5.02. The number of hydrogen-bond acceptors (Lipinski definition) is 6. The summed E-state index contributed by atoms with van der Waals surface area (Å²) in [6.07, 6.45) is 3.91. The summed E-state index contributed by atoms with van der Waals surface area (Å²) >= 11 is 0. The Balaban J connectivity index is 1.71. The highest BCUT2D eigenvalue weighted by Crippen LogP contribution is 2.17. The van der Waals surface area contributed by atoms with Crippen molar-refractivity contribution in [3.05, 3.63) is 56.7 Å². The molecule has 0 aliphatic heterocycles. The van der Waals surface area contributed by atoms with Crippen molar-refractivity contribution in [2.24, 2.45) is 0 Å². The van der Waals surface area contributed by atoms with Crippen LogP contribution in [0.5, 0.6) is 0 Å². The number of nitrogens with one attached hydrogen (secondary N) is 3. The van der Waals surface area contributed by atoms with Crippen LogP contribution in [-0.2, 0) is 11.3 Å². The molecule has 0 atom stereocenters. The zero-order valence-corrected chi connectivity index (χ0v) is 16.8. The summed E-state index contributed by atoms with van der Waals surface area (Å²) in [5.74, 6) is -0.647. The Morgan fingerprint density at radius 1 is 1.20 bits per heavy atom. The van der Waals surface area contributed by atoms with E-state index in [-0.39, 0.29) is 30.6 Å². The fraction of sp³-hybridized carbons (Fsp3) is 0.400. The van der Waals surface area contributed by atoms with E-state index in [2.05, 4.69) is 15.6 Å². The number of nitrogens with two attached hydrogens (primary N) is 1. The van der Waals surface area contributed by atoms with E-state index in [1.165, 1.54) is 16.5 Å². The van der Waals surface area contributed by atoms with Gasteiger partial charge in [-0.3, -0.25) is 24.5 Å². The van der Waals surface area contributed by atoms with Crippen LogP contribution in [-0.4, -0.2) is 41.1 Å². The molecule has 0 saturated heterocycles. The van der Waals surface area contributed by atoms with Gasteiger partial charge in [-0.05, 0) is 18.4 Å². The van der Waals surface area contributed by atoms with Crippen molar-refractivity contribution in [3.8, 4) is 0 Å². The van der Waals surface area contributed by atoms with Gasteiger partial charge in [-0.1, -0.05) is 43.2 Å². The molecule has 10 heteroatoms. The quantitative estimate of drug-likeness (QED) is 0.538. The number of carbonyl (C=O) groups is 2. The lowest BCUT2D eigenvalue weighted by Crippen LogP contribution is -2.47. The third kappa shape index (κ3) is 5.07. The van der Waals surface area contributed by atoms with Gasteiger partial charge >= 0.3 is 11.7 Å². The summed E-state index contributed by atoms with van der Waals surface area (Å²) in [6.45, 7) is -0.117. The molecule has 3 amide bonds. The number of likely N-dealkylation sites (N-methyl/N-ethyl adjacent to an activating group) is 1. The summed E-state index contributed by atoms with van der Waals surface area (Å²) < 4.78 is 1.23. The van der Waals surface area contributed by atoms with Crippen LogP contribution in [0.3, 0.4) is 0 Å². The number of carbonyl (C=O) groups excluding carboxylic acids is 2. The second-order valence-electron chi connectivity index (χ2n) is 7.42. The van der Waals surface area contributed by atoms with Gasteiger partial charge in [0.1, 0.15) is 11.5 Å². The van der Waals surface area contributed by atoms with Crippen molar-refractivity contribution in [3.63, 3.8) is 0 Å². The van der Waals surface area contributed by atoms with E-state index >= 15 is 0 Å². The minimum Gasteiger partial charge on any atom is -0.383 e. The number of nitrogen functional groups attached to an aromatic ring is 1. The van der Waals surface area contributed by atoms with E-state index in [1.54, 1.807) is 0 Å². The lowest BCUT2D eigenvalue weighted by molar-refractivity contribution is -0.118. The molecule has 1 aromatic heterocycles. The van der Waals surface area contributed by atoms with Gasteiger partial charge in [0.2, 0.25) is 5.91 Å². The summed E-state index contributed by atoms with van der Waals surface area (Å²) in [6, 6.07) is 8.69. The van der Waals surface area contributed by atoms with Crippen LogP contribution in [0.15, 0.2) is 39.9 Å². The number of imide groups is 1. The van der Waals surface area contributed by atoms with Gasteiger partial charge in [0.25, 0.3) is 5.56 Å². The third-order valence-corrected chi connectivity index (χ3v) is 5.10. The van der Waals surface area contributed by atoms with Gasteiger partial charge in [-0.15, -0.1) is 0 Å². The first-order chi connectivity index (χ1) is 14.3. The minimum atomic E-state index is -0.701. The second-order valence-corrected chi connectivity index (χ2v) is 7.42. The first kappa shape index (κ1) is 21.2. The molecule has 160 valence electrons. The van der Waals surface area contributed by atoms with Crippen LogP contribution in [0.2, 0.25) is 0 Å². The van der Waals surface area contributed by atoms with E-state index in [0.717, 1.165) is 31.2 Å². The van der Waals surface area contributed by atoms with Crippen molar-refractivity contribution in [1.82, 2.24) is 20.2 Å². The van der Waals surface area contributed by atoms with Crippen LogP contribution in [0.25, 0.3) is 0 Å². The van der Waals surface area contributed by atoms with Gasteiger partial charge in [-0.2, -0.15) is 0 Å². The van der Waals surface area contributed by atoms with E-state index in [1.807, 2.05) is 30.3 Å². The smallest absolute Gasteiger partial charge is 0.330 e. The lowest BCUT2D eigenvalue weighted by Gasteiger charge is -2.21. The average Bonchev–Trinajstić information content (AvgIpc) is 3.18. The number of nitrogens with zero attached hydrogens (tertiary/aromatic N) is 2. The van der Waals surface area contributed by atoms with Crippen LogP contribution in [0.1, 0.15) is 31.2 Å². The predicted octanol–water partition coefficient (Wildman–Crippen LogP) is 0.372. The van der Waals surface area contributed by atoms with E-state index < -0.39 is 23.2 Å². The Morgan fingerprint density at radius 3 is 2.53 bits per heavy atom. The van der Waals surface area contributed by atoms with Crippen molar-refractivity contribution >= 4 is 23.4 Å². The number of H-pyrrole nitrogens is 1. The number of benzene rings is 1. The standard InChI is InChI=1S/C20H26N6O4/c1-25(12-15(27)23-19(29)22-14-9-5-6-10-14)16-17(21)26(20(30)24-18(16)28)11-13-7-3-2-4-8-13/h2-4,7-8,14H,5-6,9-12,21H2,1H3,(H,24,28,30)(H2,22,23,27,29). The first-order valence-corrected chi connectivity index (χ1v) is 9.83. The molecule has 0 spiro atoms. The molecular formula is C20H26N6O4. The molecule has 3 rings (SSSR count). The Morgan fingerprint density at radius 2 is 1.87 bits per heavy atom. The highest BCUT2D eigenvalue weighted by molar-refractivity contribution is 5.96. The van der Waals surface area contributed by atoms with Gasteiger partial charge in [0.05, 0.1) is 13.1 Å². The Bertz CT molecular complexity index is 1020. The molecule has 0 unspecified atom stereocenters. The molecule has 1 saturated carbocycles. The summed E-state index contributed by atoms with van der Waals surface area (Å²) in [5.41, 5.74) is 5.58. The third-order valence-electron chi connectivity index (χ3n) is 5.10. The number of urea groups is 1. The highest BCUT2D eigenvalue weighted by atomic mass is 16.2. The van der Waals surface area contributed by atoms with E-state index in [0.29, 0.717) is 0 Å². The zero-order chi connectivity index (χ0) is 21.7. The van der Waals surface area contributed by atoms with Gasteiger partial charge in [-0.25, -0.2) is 9.59 Å². The molecule has 10 nitrogen and oxygen atoms in total. The summed E-state index contributed by atoms with van der Waals surface area (Å²) in [4.78, 5) is 52.3. The molecular weight excluding hydrogens is 388 g/mol. The summed E-state index contributed by atoms with van der Waals surface area (Å²) in [7, 11) is 1.49. The lowest BCUT2D eigenvalue weighted by atomic mass is 10.2. The van der Waals surface area contributed by atoms with E-state index in [4.69, 9.17) is 5.73 Å². The topological polar surface area (TPSA) is 142 Å². The maximum Gasteiger partial charge on any atom is 0.330 e. The number of hydrogen-bond donors (Lipinski definition) is 4. The van der Waals surface area contributed by atoms with Crippen LogP contribution >= 0.6 is 0 Å². The monoisotopic (exact) mass is 414 g/mol. The highest BCUT2D eigenvalue weighted by Gasteiger charge is 2.21. The molecule has 1 aliphatic rings. The maximum absolute atomic E-state index is 12.3.